The first-order valence-electron chi connectivity index (χ1n) is 8.02. The molecule has 0 unspecified atom stereocenters. The van der Waals surface area contributed by atoms with Crippen LogP contribution in [0.5, 0.6) is 5.75 Å². The Kier molecular flexibility index (Phi) is 6.39. The van der Waals surface area contributed by atoms with Crippen LogP contribution in [0, 0.1) is 20.8 Å². The monoisotopic (exact) mass is 341 g/mol. The van der Waals surface area contributed by atoms with E-state index >= 15 is 0 Å². The molecule has 2 rings (SSSR count). The van der Waals surface area contributed by atoms with Gasteiger partial charge in [0.2, 0.25) is 0 Å². The van der Waals surface area contributed by atoms with Crippen LogP contribution in [0.15, 0.2) is 42.5 Å². The Morgan fingerprint density at radius 2 is 1.64 bits per heavy atom. The summed E-state index contributed by atoms with van der Waals surface area (Å²) in [7, 11) is 0. The molecule has 0 aliphatic carbocycles. The molecule has 132 valence electrons. The Labute approximate surface area is 147 Å². The smallest absolute Gasteiger partial charge is 0.276 e. The van der Waals surface area contributed by atoms with Crippen LogP contribution in [0.4, 0.5) is 5.69 Å². The molecule has 0 saturated carbocycles. The summed E-state index contributed by atoms with van der Waals surface area (Å²) in [5.41, 5.74) is 8.82. The summed E-state index contributed by atoms with van der Waals surface area (Å²) >= 11 is 0. The van der Waals surface area contributed by atoms with Crippen LogP contribution in [0.1, 0.15) is 16.7 Å². The van der Waals surface area contributed by atoms with Crippen molar-refractivity contribution in [1.82, 2.24) is 10.9 Å². The summed E-state index contributed by atoms with van der Waals surface area (Å²) in [5, 5.41) is 3.03. The standard InChI is InChI=1S/C19H23N3O3/c1-13-5-4-6-16(10-13)25-12-19(24)22-21-18(23)11-20-17-8-7-14(2)9-15(17)3/h4-10,20H,11-12H2,1-3H3,(H,21,23)(H,22,24). The van der Waals surface area contributed by atoms with E-state index in [2.05, 4.69) is 16.2 Å². The van der Waals surface area contributed by atoms with Crippen molar-refractivity contribution in [3.8, 4) is 5.75 Å². The summed E-state index contributed by atoms with van der Waals surface area (Å²) in [4.78, 5) is 23.5. The lowest BCUT2D eigenvalue weighted by Crippen LogP contribution is -2.46. The van der Waals surface area contributed by atoms with Crippen molar-refractivity contribution in [2.75, 3.05) is 18.5 Å². The normalized spacial score (nSPS) is 10.0. The van der Waals surface area contributed by atoms with Gasteiger partial charge in [-0.2, -0.15) is 0 Å². The van der Waals surface area contributed by atoms with Crippen molar-refractivity contribution in [1.29, 1.82) is 0 Å². The van der Waals surface area contributed by atoms with Gasteiger partial charge in [-0.15, -0.1) is 0 Å². The van der Waals surface area contributed by atoms with Gasteiger partial charge in [0.1, 0.15) is 5.75 Å². The van der Waals surface area contributed by atoms with Crippen LogP contribution < -0.4 is 20.9 Å². The van der Waals surface area contributed by atoms with Gasteiger partial charge in [0.05, 0.1) is 6.54 Å². The highest BCUT2D eigenvalue weighted by Gasteiger charge is 2.06. The van der Waals surface area contributed by atoms with Gasteiger partial charge in [-0.1, -0.05) is 29.8 Å². The molecule has 0 spiro atoms. The molecule has 0 heterocycles. The molecular formula is C19H23N3O3. The predicted octanol–water partition coefficient (Wildman–Crippen LogP) is 2.25. The van der Waals surface area contributed by atoms with E-state index in [4.69, 9.17) is 4.74 Å². The minimum Gasteiger partial charge on any atom is -0.484 e. The van der Waals surface area contributed by atoms with E-state index in [1.165, 1.54) is 0 Å². The lowest BCUT2D eigenvalue weighted by Gasteiger charge is -2.11. The molecule has 0 aliphatic rings. The number of carbonyl (C=O) groups is 2. The van der Waals surface area contributed by atoms with Crippen molar-refractivity contribution >= 4 is 17.5 Å². The number of carbonyl (C=O) groups excluding carboxylic acids is 2. The molecule has 2 aromatic rings. The minimum atomic E-state index is -0.429. The van der Waals surface area contributed by atoms with Gasteiger partial charge in [0.25, 0.3) is 11.8 Å². The molecule has 6 heteroatoms. The summed E-state index contributed by atoms with van der Waals surface area (Å²) in [6.07, 6.45) is 0. The lowest BCUT2D eigenvalue weighted by atomic mass is 10.1. The Bertz CT molecular complexity index is 759. The predicted molar refractivity (Wildman–Crippen MR) is 97.4 cm³/mol. The number of benzene rings is 2. The number of rotatable bonds is 6. The second-order valence-electron chi connectivity index (χ2n) is 5.87. The first-order chi connectivity index (χ1) is 11.9. The molecule has 0 saturated heterocycles. The summed E-state index contributed by atoms with van der Waals surface area (Å²) in [5.74, 6) is -0.164. The van der Waals surface area contributed by atoms with E-state index < -0.39 is 5.91 Å². The second kappa shape index (κ2) is 8.73. The minimum absolute atomic E-state index is 0.0585. The number of ether oxygens (including phenoxy) is 1. The first-order valence-corrected chi connectivity index (χ1v) is 8.02. The molecule has 0 bridgehead atoms. The van der Waals surface area contributed by atoms with Crippen molar-refractivity contribution in [3.63, 3.8) is 0 Å². The van der Waals surface area contributed by atoms with E-state index in [1.54, 1.807) is 6.07 Å². The maximum atomic E-state index is 11.8. The molecule has 2 amide bonds. The molecule has 0 radical (unpaired) electrons. The molecule has 0 fully saturated rings. The SMILES string of the molecule is Cc1cccc(OCC(=O)NNC(=O)CNc2ccc(C)cc2C)c1. The molecule has 2 aromatic carbocycles. The van der Waals surface area contributed by atoms with Crippen molar-refractivity contribution in [2.45, 2.75) is 20.8 Å². The van der Waals surface area contributed by atoms with E-state index in [0.29, 0.717) is 5.75 Å². The Balaban J connectivity index is 1.69. The number of amides is 2. The highest BCUT2D eigenvalue weighted by molar-refractivity contribution is 5.85. The largest absolute Gasteiger partial charge is 0.484 e. The Morgan fingerprint density at radius 1 is 0.920 bits per heavy atom. The number of hydrogen-bond donors (Lipinski definition) is 3. The quantitative estimate of drug-likeness (QED) is 0.704. The third-order valence-electron chi connectivity index (χ3n) is 3.52. The van der Waals surface area contributed by atoms with E-state index in [9.17, 15) is 9.59 Å². The summed E-state index contributed by atoms with van der Waals surface area (Å²) in [6.45, 7) is 5.81. The van der Waals surface area contributed by atoms with Crippen LogP contribution in [-0.2, 0) is 9.59 Å². The fraction of sp³-hybridized carbons (Fsp3) is 0.263. The zero-order valence-corrected chi connectivity index (χ0v) is 14.7. The molecule has 25 heavy (non-hydrogen) atoms. The van der Waals surface area contributed by atoms with Gasteiger partial charge in [0, 0.05) is 5.69 Å². The van der Waals surface area contributed by atoms with Crippen LogP contribution in [0.25, 0.3) is 0 Å². The zero-order valence-electron chi connectivity index (χ0n) is 14.7. The summed E-state index contributed by atoms with van der Waals surface area (Å²) < 4.78 is 5.36. The third kappa shape index (κ3) is 6.18. The lowest BCUT2D eigenvalue weighted by molar-refractivity contribution is -0.129. The first kappa shape index (κ1) is 18.3. The Hall–Kier alpha value is -3.02. The number of aryl methyl sites for hydroxylation is 3. The fourth-order valence-corrected chi connectivity index (χ4v) is 2.26. The number of anilines is 1. The molecule has 6 nitrogen and oxygen atoms in total. The maximum Gasteiger partial charge on any atom is 0.276 e. The summed E-state index contributed by atoms with van der Waals surface area (Å²) in [6, 6.07) is 13.3. The van der Waals surface area contributed by atoms with Crippen molar-refractivity contribution in [3.05, 3.63) is 59.2 Å². The van der Waals surface area contributed by atoms with Crippen LogP contribution in [-0.4, -0.2) is 25.0 Å². The van der Waals surface area contributed by atoms with Crippen LogP contribution in [0.2, 0.25) is 0 Å². The van der Waals surface area contributed by atoms with E-state index in [0.717, 1.165) is 22.4 Å². The third-order valence-corrected chi connectivity index (χ3v) is 3.52. The number of nitrogens with one attached hydrogen (secondary N) is 3. The number of hydrogen-bond acceptors (Lipinski definition) is 4. The van der Waals surface area contributed by atoms with Crippen LogP contribution >= 0.6 is 0 Å². The fourth-order valence-electron chi connectivity index (χ4n) is 2.26. The highest BCUT2D eigenvalue weighted by Crippen LogP contribution is 2.15. The van der Waals surface area contributed by atoms with Crippen molar-refractivity contribution < 1.29 is 14.3 Å². The number of hydrazine groups is 1. The van der Waals surface area contributed by atoms with Crippen molar-refractivity contribution in [2.24, 2.45) is 0 Å². The van der Waals surface area contributed by atoms with Gasteiger partial charge < -0.3 is 10.1 Å². The van der Waals surface area contributed by atoms with Gasteiger partial charge in [0.15, 0.2) is 6.61 Å². The van der Waals surface area contributed by atoms with E-state index in [1.807, 2.05) is 57.2 Å². The topological polar surface area (TPSA) is 79.5 Å². The van der Waals surface area contributed by atoms with Gasteiger partial charge in [-0.05, 0) is 50.1 Å². The molecule has 0 atom stereocenters. The molecular weight excluding hydrogens is 318 g/mol. The molecule has 0 aliphatic heterocycles. The Morgan fingerprint density at radius 3 is 2.36 bits per heavy atom. The van der Waals surface area contributed by atoms with Crippen LogP contribution in [0.3, 0.4) is 0 Å². The highest BCUT2D eigenvalue weighted by atomic mass is 16.5. The average Bonchev–Trinajstić information content (AvgIpc) is 2.57. The molecule has 0 aromatic heterocycles. The van der Waals surface area contributed by atoms with E-state index in [-0.39, 0.29) is 19.1 Å². The second-order valence-corrected chi connectivity index (χ2v) is 5.87. The van der Waals surface area contributed by atoms with Gasteiger partial charge >= 0.3 is 0 Å². The molecule has 3 N–H and O–H groups in total. The van der Waals surface area contributed by atoms with Gasteiger partial charge in [-0.25, -0.2) is 0 Å². The van der Waals surface area contributed by atoms with Gasteiger partial charge in [-0.3, -0.25) is 20.4 Å². The maximum absolute atomic E-state index is 11.8. The zero-order chi connectivity index (χ0) is 18.2. The average molecular weight is 341 g/mol.